The highest BCUT2D eigenvalue weighted by atomic mass is 35.5. The quantitative estimate of drug-likeness (QED) is 0.760. The van der Waals surface area contributed by atoms with Crippen LogP contribution in [0.15, 0.2) is 6.08 Å². The number of carbonyl (C=O) groups is 1. The zero-order chi connectivity index (χ0) is 13.1. The van der Waals surface area contributed by atoms with E-state index < -0.39 is 0 Å². The second-order valence-electron chi connectivity index (χ2n) is 4.18. The third kappa shape index (κ3) is 2.73. The van der Waals surface area contributed by atoms with Crippen LogP contribution in [0.4, 0.5) is 0 Å². The number of hydrogen-bond donors (Lipinski definition) is 0. The maximum Gasteiger partial charge on any atom is 0.246 e. The Hall–Kier alpha value is -1.33. The van der Waals surface area contributed by atoms with Crippen LogP contribution in [0, 0.1) is 6.92 Å². The summed E-state index contributed by atoms with van der Waals surface area (Å²) >= 11 is 6.09. The predicted octanol–water partition coefficient (Wildman–Crippen LogP) is 1.25. The van der Waals surface area contributed by atoms with Crippen LogP contribution in [-0.4, -0.2) is 46.9 Å². The number of ether oxygens (including phenoxy) is 1. The molecule has 0 bridgehead atoms. The van der Waals surface area contributed by atoms with E-state index in [1.165, 1.54) is 0 Å². The van der Waals surface area contributed by atoms with Gasteiger partial charge in [0, 0.05) is 31.8 Å². The maximum atomic E-state index is 11.9. The highest BCUT2D eigenvalue weighted by Gasteiger charge is 2.15. The van der Waals surface area contributed by atoms with Crippen LogP contribution in [0.1, 0.15) is 11.3 Å². The zero-order valence-corrected chi connectivity index (χ0v) is 11.3. The molecule has 1 aliphatic heterocycles. The summed E-state index contributed by atoms with van der Waals surface area (Å²) in [6, 6.07) is 0. The van der Waals surface area contributed by atoms with Gasteiger partial charge in [-0.1, -0.05) is 11.6 Å². The van der Waals surface area contributed by atoms with Gasteiger partial charge in [0.2, 0.25) is 5.91 Å². The average Bonchev–Trinajstić information content (AvgIpc) is 2.62. The summed E-state index contributed by atoms with van der Waals surface area (Å²) in [4.78, 5) is 13.7. The van der Waals surface area contributed by atoms with Crippen LogP contribution in [-0.2, 0) is 16.6 Å². The lowest BCUT2D eigenvalue weighted by atomic mass is 10.2. The van der Waals surface area contributed by atoms with E-state index in [2.05, 4.69) is 5.10 Å². The van der Waals surface area contributed by atoms with E-state index in [1.807, 2.05) is 6.92 Å². The lowest BCUT2D eigenvalue weighted by Crippen LogP contribution is -2.39. The predicted molar refractivity (Wildman–Crippen MR) is 69.4 cm³/mol. The molecule has 98 valence electrons. The molecule has 6 heteroatoms. The number of aromatic nitrogens is 2. The van der Waals surface area contributed by atoms with Gasteiger partial charge in [-0.2, -0.15) is 5.10 Å². The van der Waals surface area contributed by atoms with Crippen molar-refractivity contribution in [3.63, 3.8) is 0 Å². The minimum atomic E-state index is -0.0161. The van der Waals surface area contributed by atoms with Crippen LogP contribution < -0.4 is 0 Å². The topological polar surface area (TPSA) is 47.4 Å². The maximum absolute atomic E-state index is 11.9. The third-order valence-electron chi connectivity index (χ3n) is 2.91. The van der Waals surface area contributed by atoms with Gasteiger partial charge in [-0.25, -0.2) is 0 Å². The smallest absolute Gasteiger partial charge is 0.246 e. The van der Waals surface area contributed by atoms with Crippen molar-refractivity contribution in [3.8, 4) is 0 Å². The Bertz CT molecular complexity index is 476. The molecule has 18 heavy (non-hydrogen) atoms. The van der Waals surface area contributed by atoms with Crippen molar-refractivity contribution in [2.45, 2.75) is 6.92 Å². The number of amides is 1. The summed E-state index contributed by atoms with van der Waals surface area (Å²) in [5, 5.41) is 4.73. The van der Waals surface area contributed by atoms with Crippen LogP contribution in [0.25, 0.3) is 6.08 Å². The van der Waals surface area contributed by atoms with Gasteiger partial charge in [-0.3, -0.25) is 9.48 Å². The van der Waals surface area contributed by atoms with Gasteiger partial charge < -0.3 is 9.64 Å². The van der Waals surface area contributed by atoms with Gasteiger partial charge in [0.15, 0.2) is 0 Å². The third-order valence-corrected chi connectivity index (χ3v) is 3.36. The molecule has 0 atom stereocenters. The second kappa shape index (κ2) is 5.54. The molecule has 0 aromatic carbocycles. The summed E-state index contributed by atoms with van der Waals surface area (Å²) in [5.74, 6) is -0.0161. The van der Waals surface area contributed by atoms with E-state index >= 15 is 0 Å². The van der Waals surface area contributed by atoms with Crippen molar-refractivity contribution in [2.24, 2.45) is 7.05 Å². The SMILES string of the molecule is Cc1nn(C)c(Cl)c1/C=C/C(=O)N1CCOCC1. The van der Waals surface area contributed by atoms with Crippen molar-refractivity contribution in [1.82, 2.24) is 14.7 Å². The molecule has 0 aliphatic carbocycles. The van der Waals surface area contributed by atoms with Crippen LogP contribution in [0.2, 0.25) is 5.15 Å². The lowest BCUT2D eigenvalue weighted by Gasteiger charge is -2.25. The van der Waals surface area contributed by atoms with E-state index in [1.54, 1.807) is 28.8 Å². The Morgan fingerprint density at radius 1 is 1.44 bits per heavy atom. The number of hydrogen-bond acceptors (Lipinski definition) is 3. The van der Waals surface area contributed by atoms with E-state index in [0.29, 0.717) is 31.5 Å². The number of halogens is 1. The molecule has 1 aromatic heterocycles. The van der Waals surface area contributed by atoms with Gasteiger partial charge in [0.25, 0.3) is 0 Å². The lowest BCUT2D eigenvalue weighted by molar-refractivity contribution is -0.129. The van der Waals surface area contributed by atoms with Gasteiger partial charge in [0.05, 0.1) is 18.9 Å². The summed E-state index contributed by atoms with van der Waals surface area (Å²) in [6.07, 6.45) is 3.27. The standard InChI is InChI=1S/C12H16ClN3O2/c1-9-10(12(13)15(2)14-9)3-4-11(17)16-5-7-18-8-6-16/h3-4H,5-8H2,1-2H3/b4-3+. The molecule has 5 nitrogen and oxygen atoms in total. The minimum absolute atomic E-state index is 0.0161. The Kier molecular flexibility index (Phi) is 4.04. The molecule has 2 rings (SSSR count). The van der Waals surface area contributed by atoms with Crippen molar-refractivity contribution in [1.29, 1.82) is 0 Å². The number of aryl methyl sites for hydroxylation is 2. The molecule has 1 fully saturated rings. The fourth-order valence-corrected chi connectivity index (χ4v) is 2.12. The first-order valence-corrected chi connectivity index (χ1v) is 6.21. The highest BCUT2D eigenvalue weighted by molar-refractivity contribution is 6.31. The minimum Gasteiger partial charge on any atom is -0.378 e. The number of morpholine rings is 1. The van der Waals surface area contributed by atoms with E-state index in [4.69, 9.17) is 16.3 Å². The summed E-state index contributed by atoms with van der Waals surface area (Å²) in [7, 11) is 1.77. The van der Waals surface area contributed by atoms with Gasteiger partial charge in [-0.15, -0.1) is 0 Å². The monoisotopic (exact) mass is 269 g/mol. The summed E-state index contributed by atoms with van der Waals surface area (Å²) in [6.45, 7) is 4.36. The molecule has 1 aromatic rings. The number of carbonyl (C=O) groups excluding carboxylic acids is 1. The van der Waals surface area contributed by atoms with Crippen LogP contribution in [0.3, 0.4) is 0 Å². The van der Waals surface area contributed by atoms with E-state index in [-0.39, 0.29) is 5.91 Å². The summed E-state index contributed by atoms with van der Waals surface area (Å²) in [5.41, 5.74) is 1.61. The Morgan fingerprint density at radius 2 is 2.11 bits per heavy atom. The van der Waals surface area contributed by atoms with E-state index in [0.717, 1.165) is 11.3 Å². The first kappa shape index (κ1) is 13.1. The van der Waals surface area contributed by atoms with Crippen molar-refractivity contribution in [2.75, 3.05) is 26.3 Å². The molecule has 0 unspecified atom stereocenters. The second-order valence-corrected chi connectivity index (χ2v) is 4.54. The van der Waals surface area contributed by atoms with Crippen LogP contribution in [0.5, 0.6) is 0 Å². The molecule has 2 heterocycles. The molecular formula is C12H16ClN3O2. The fraction of sp³-hybridized carbons (Fsp3) is 0.500. The first-order valence-electron chi connectivity index (χ1n) is 5.83. The van der Waals surface area contributed by atoms with E-state index in [9.17, 15) is 4.79 Å². The highest BCUT2D eigenvalue weighted by Crippen LogP contribution is 2.20. The molecular weight excluding hydrogens is 254 g/mol. The van der Waals surface area contributed by atoms with Crippen molar-refractivity contribution >= 4 is 23.6 Å². The molecule has 0 radical (unpaired) electrons. The normalized spacial score (nSPS) is 16.5. The van der Waals surface area contributed by atoms with Crippen molar-refractivity contribution in [3.05, 3.63) is 22.5 Å². The number of rotatable bonds is 2. The molecule has 1 amide bonds. The molecule has 0 saturated carbocycles. The van der Waals surface area contributed by atoms with Gasteiger partial charge >= 0.3 is 0 Å². The summed E-state index contributed by atoms with van der Waals surface area (Å²) < 4.78 is 6.79. The Morgan fingerprint density at radius 3 is 2.67 bits per heavy atom. The fourth-order valence-electron chi connectivity index (χ4n) is 1.88. The Balaban J connectivity index is 2.08. The average molecular weight is 270 g/mol. The molecule has 0 spiro atoms. The zero-order valence-electron chi connectivity index (χ0n) is 10.5. The van der Waals surface area contributed by atoms with Gasteiger partial charge in [0.1, 0.15) is 5.15 Å². The van der Waals surface area contributed by atoms with Gasteiger partial charge in [-0.05, 0) is 13.0 Å². The van der Waals surface area contributed by atoms with Crippen LogP contribution >= 0.6 is 11.6 Å². The Labute approximate surface area is 111 Å². The molecule has 0 N–H and O–H groups in total. The van der Waals surface area contributed by atoms with Crippen molar-refractivity contribution < 1.29 is 9.53 Å². The largest absolute Gasteiger partial charge is 0.378 e. The first-order chi connectivity index (χ1) is 8.59. The number of nitrogens with zero attached hydrogens (tertiary/aromatic N) is 3. The molecule has 1 aliphatic rings. The molecule has 1 saturated heterocycles.